The van der Waals surface area contributed by atoms with E-state index in [0.29, 0.717) is 15.6 Å². The lowest BCUT2D eigenvalue weighted by Crippen LogP contribution is -2.42. The van der Waals surface area contributed by atoms with Gasteiger partial charge in [-0.25, -0.2) is 9.36 Å². The van der Waals surface area contributed by atoms with Gasteiger partial charge in [0.05, 0.1) is 27.7 Å². The van der Waals surface area contributed by atoms with Gasteiger partial charge in [-0.3, -0.25) is 25.2 Å². The molecule has 2 aromatic carbocycles. The molecule has 9 nitrogen and oxygen atoms in total. The number of amides is 2. The summed E-state index contributed by atoms with van der Waals surface area (Å²) in [6.45, 7) is 5.51. The van der Waals surface area contributed by atoms with E-state index in [1.54, 1.807) is 35.0 Å². The van der Waals surface area contributed by atoms with Crippen molar-refractivity contribution in [2.45, 2.75) is 26.8 Å². The van der Waals surface area contributed by atoms with Crippen LogP contribution in [0.4, 0.5) is 0 Å². The maximum Gasteiger partial charge on any atom is 0.290 e. The van der Waals surface area contributed by atoms with Gasteiger partial charge in [-0.2, -0.15) is 10.2 Å². The number of carbonyl (C=O) groups excluding carboxylic acids is 2. The van der Waals surface area contributed by atoms with Gasteiger partial charge in [-0.1, -0.05) is 36.4 Å². The summed E-state index contributed by atoms with van der Waals surface area (Å²) in [5.74, 6) is -1.07. The maximum atomic E-state index is 13.0. The number of para-hydroxylation sites is 1. The summed E-state index contributed by atoms with van der Waals surface area (Å²) in [6, 6.07) is 18.0. The number of nitrogens with one attached hydrogen (secondary N) is 2. The van der Waals surface area contributed by atoms with Crippen molar-refractivity contribution in [2.24, 2.45) is 0 Å². The molecule has 0 bridgehead atoms. The van der Waals surface area contributed by atoms with Crippen LogP contribution in [0.1, 0.15) is 45.7 Å². The van der Waals surface area contributed by atoms with E-state index in [9.17, 15) is 14.4 Å². The summed E-state index contributed by atoms with van der Waals surface area (Å²) >= 11 is 1.28. The molecule has 5 aromatic rings. The Morgan fingerprint density at radius 1 is 0.886 bits per heavy atom. The van der Waals surface area contributed by atoms with Crippen LogP contribution in [0.25, 0.3) is 26.7 Å². The van der Waals surface area contributed by atoms with Gasteiger partial charge < -0.3 is 0 Å². The first-order chi connectivity index (χ1) is 16.8. The average molecular weight is 487 g/mol. The molecule has 0 spiro atoms. The van der Waals surface area contributed by atoms with E-state index in [1.807, 2.05) is 51.1 Å². The van der Waals surface area contributed by atoms with Crippen LogP contribution in [0.2, 0.25) is 0 Å². The highest BCUT2D eigenvalue weighted by Gasteiger charge is 2.20. The number of thiophene rings is 1. The summed E-state index contributed by atoms with van der Waals surface area (Å²) in [4.78, 5) is 39.8. The average Bonchev–Trinajstić information content (AvgIpc) is 3.43. The fraction of sp³-hybridized carbons (Fsp3) is 0.160. The van der Waals surface area contributed by atoms with E-state index in [1.165, 1.54) is 16.0 Å². The molecule has 0 saturated heterocycles. The van der Waals surface area contributed by atoms with Gasteiger partial charge >= 0.3 is 0 Å². The molecule has 10 heteroatoms. The Hall–Kier alpha value is -4.31. The van der Waals surface area contributed by atoms with Crippen LogP contribution in [0.15, 0.2) is 65.5 Å². The summed E-state index contributed by atoms with van der Waals surface area (Å²) in [5.41, 5.74) is 6.39. The van der Waals surface area contributed by atoms with Crippen LogP contribution in [0.5, 0.6) is 0 Å². The summed E-state index contributed by atoms with van der Waals surface area (Å²) in [6.07, 6.45) is 0. The number of aromatic nitrogens is 4. The fourth-order valence-electron chi connectivity index (χ4n) is 3.86. The standard InChI is InChI=1S/C25H22N6O3S/c1-14(2)30-24(34)18-12-8-7-11-17(18)21(29-30)23(33)27-26-22(32)20-13-19-15(3)28-31(25(19)35-20)16-9-5-4-6-10-16/h4-14H,1-3H3,(H,26,32)(H,27,33). The largest absolute Gasteiger partial charge is 0.290 e. The number of nitrogens with zero attached hydrogens (tertiary/aromatic N) is 4. The molecule has 3 heterocycles. The molecule has 2 amide bonds. The molecule has 3 aromatic heterocycles. The second-order valence-corrected chi connectivity index (χ2v) is 9.34. The van der Waals surface area contributed by atoms with Crippen LogP contribution >= 0.6 is 11.3 Å². The highest BCUT2D eigenvalue weighted by molar-refractivity contribution is 7.20. The van der Waals surface area contributed by atoms with Gasteiger partial charge in [-0.15, -0.1) is 11.3 Å². The molecule has 176 valence electrons. The SMILES string of the molecule is Cc1nn(-c2ccccc2)c2sc(C(=O)NNC(=O)c3nn(C(C)C)c(=O)c4ccccc34)cc12. The zero-order valence-electron chi connectivity index (χ0n) is 19.3. The normalized spacial score (nSPS) is 11.3. The molecule has 0 aliphatic carbocycles. The van der Waals surface area contributed by atoms with Gasteiger partial charge in [0.15, 0.2) is 5.69 Å². The Kier molecular flexibility index (Phi) is 5.65. The number of aryl methyl sites for hydroxylation is 1. The van der Waals surface area contributed by atoms with Gasteiger partial charge in [0, 0.05) is 10.8 Å². The smallest absolute Gasteiger partial charge is 0.267 e. The fourth-order valence-corrected chi connectivity index (χ4v) is 4.94. The molecule has 35 heavy (non-hydrogen) atoms. The minimum absolute atomic E-state index is 0.0566. The highest BCUT2D eigenvalue weighted by Crippen LogP contribution is 2.30. The second kappa shape index (κ2) is 8.80. The lowest BCUT2D eigenvalue weighted by Gasteiger charge is -2.13. The third kappa shape index (κ3) is 3.97. The zero-order valence-corrected chi connectivity index (χ0v) is 20.1. The van der Waals surface area contributed by atoms with Gasteiger partial charge in [-0.05, 0) is 45.0 Å². The Balaban J connectivity index is 1.41. The molecule has 0 saturated carbocycles. The Labute approximate surface area is 204 Å². The van der Waals surface area contributed by atoms with Gasteiger partial charge in [0.1, 0.15) is 4.83 Å². The summed E-state index contributed by atoms with van der Waals surface area (Å²) in [5, 5.41) is 10.5. The number of hydrogen-bond donors (Lipinski definition) is 2. The number of hydrogen-bond acceptors (Lipinski definition) is 6. The van der Waals surface area contributed by atoms with Crippen LogP contribution in [-0.4, -0.2) is 31.4 Å². The third-order valence-electron chi connectivity index (χ3n) is 5.59. The quantitative estimate of drug-likeness (QED) is 0.376. The predicted molar refractivity (Wildman–Crippen MR) is 135 cm³/mol. The number of carbonyl (C=O) groups is 2. The van der Waals surface area contributed by atoms with Crippen molar-refractivity contribution in [3.8, 4) is 5.69 Å². The predicted octanol–water partition coefficient (Wildman–Crippen LogP) is 3.76. The minimum Gasteiger partial charge on any atom is -0.267 e. The van der Waals surface area contributed by atoms with E-state index < -0.39 is 11.8 Å². The van der Waals surface area contributed by atoms with E-state index in [4.69, 9.17) is 0 Å². The number of hydrazine groups is 1. The van der Waals surface area contributed by atoms with Crippen molar-refractivity contribution in [3.05, 3.63) is 87.3 Å². The lowest BCUT2D eigenvalue weighted by molar-refractivity contribution is 0.0845. The number of rotatable bonds is 4. The van der Waals surface area contributed by atoms with Crippen molar-refractivity contribution in [2.75, 3.05) is 0 Å². The molecule has 2 N–H and O–H groups in total. The van der Waals surface area contributed by atoms with Gasteiger partial charge in [0.25, 0.3) is 17.4 Å². The van der Waals surface area contributed by atoms with Crippen LogP contribution in [0, 0.1) is 6.92 Å². The Morgan fingerprint density at radius 3 is 2.26 bits per heavy atom. The van der Waals surface area contributed by atoms with Crippen LogP contribution < -0.4 is 16.4 Å². The molecule has 0 atom stereocenters. The molecular formula is C25H22N6O3S. The van der Waals surface area contributed by atoms with E-state index >= 15 is 0 Å². The molecular weight excluding hydrogens is 464 g/mol. The van der Waals surface area contributed by atoms with E-state index in [0.717, 1.165) is 21.6 Å². The molecule has 0 radical (unpaired) electrons. The lowest BCUT2D eigenvalue weighted by atomic mass is 10.1. The number of fused-ring (bicyclic) bond motifs is 2. The zero-order chi connectivity index (χ0) is 24.7. The molecule has 0 aliphatic heterocycles. The monoisotopic (exact) mass is 486 g/mol. The van der Waals surface area contributed by atoms with Gasteiger partial charge in [0.2, 0.25) is 0 Å². The minimum atomic E-state index is -0.614. The van der Waals surface area contributed by atoms with E-state index in [-0.39, 0.29) is 17.3 Å². The van der Waals surface area contributed by atoms with Crippen molar-refractivity contribution >= 4 is 44.1 Å². The second-order valence-electron chi connectivity index (χ2n) is 8.31. The first-order valence-electron chi connectivity index (χ1n) is 11.0. The van der Waals surface area contributed by atoms with E-state index in [2.05, 4.69) is 21.0 Å². The molecule has 5 rings (SSSR count). The first kappa shape index (κ1) is 22.5. The first-order valence-corrected chi connectivity index (χ1v) is 11.8. The summed E-state index contributed by atoms with van der Waals surface area (Å²) < 4.78 is 3.07. The molecule has 0 aliphatic rings. The highest BCUT2D eigenvalue weighted by atomic mass is 32.1. The maximum absolute atomic E-state index is 13.0. The van der Waals surface area contributed by atoms with Crippen molar-refractivity contribution in [3.63, 3.8) is 0 Å². The van der Waals surface area contributed by atoms with Crippen LogP contribution in [0.3, 0.4) is 0 Å². The van der Waals surface area contributed by atoms with Crippen molar-refractivity contribution < 1.29 is 9.59 Å². The third-order valence-corrected chi connectivity index (χ3v) is 6.70. The van der Waals surface area contributed by atoms with Crippen LogP contribution in [-0.2, 0) is 0 Å². The Morgan fingerprint density at radius 2 is 1.54 bits per heavy atom. The molecule has 0 unspecified atom stereocenters. The Bertz CT molecular complexity index is 1650. The number of benzene rings is 2. The van der Waals surface area contributed by atoms with Crippen molar-refractivity contribution in [1.29, 1.82) is 0 Å². The summed E-state index contributed by atoms with van der Waals surface area (Å²) in [7, 11) is 0. The molecule has 0 fully saturated rings. The topological polar surface area (TPSA) is 111 Å². The van der Waals surface area contributed by atoms with Crippen molar-refractivity contribution in [1.82, 2.24) is 30.4 Å².